The van der Waals surface area contributed by atoms with Gasteiger partial charge in [-0.2, -0.15) is 23.5 Å². The molecule has 0 radical (unpaired) electrons. The summed E-state index contributed by atoms with van der Waals surface area (Å²) in [6, 6.07) is 9.55. The minimum absolute atomic E-state index is 0.00666. The number of hydrogen-bond donors (Lipinski definition) is 14. The number of thioether (sulfide) groups is 2. The Hall–Kier alpha value is -10.2. The van der Waals surface area contributed by atoms with Crippen LogP contribution >= 0.6 is 23.5 Å². The topological polar surface area (TPSA) is 420 Å². The fourth-order valence-electron chi connectivity index (χ4n) is 12.3. The van der Waals surface area contributed by atoms with Crippen LogP contribution < -0.4 is 54.0 Å². The molecule has 3 aromatic heterocycles. The number of primary amides is 1. The summed E-state index contributed by atoms with van der Waals surface area (Å²) in [7, 11) is 0. The van der Waals surface area contributed by atoms with Crippen LogP contribution in [0.5, 0.6) is 0 Å². The van der Waals surface area contributed by atoms with E-state index in [0.29, 0.717) is 58.6 Å². The highest BCUT2D eigenvalue weighted by molar-refractivity contribution is 7.98. The number of amides is 10. The number of aromatic amines is 3. The van der Waals surface area contributed by atoms with E-state index in [4.69, 9.17) is 11.5 Å². The predicted octanol–water partition coefficient (Wildman–Crippen LogP) is 3.00. The Labute approximate surface area is 592 Å². The summed E-state index contributed by atoms with van der Waals surface area (Å²) in [4.78, 5) is 171. The second-order valence-corrected chi connectivity index (χ2v) is 27.5. The van der Waals surface area contributed by atoms with Gasteiger partial charge in [0.15, 0.2) is 0 Å². The van der Waals surface area contributed by atoms with Gasteiger partial charge in [0.25, 0.3) is 0 Å². The molecule has 542 valence electrons. The maximum absolute atomic E-state index is 15.2. The first-order valence-corrected chi connectivity index (χ1v) is 35.6. The summed E-state index contributed by atoms with van der Waals surface area (Å²) in [6.45, 7) is 1.05. The number of carbonyl (C=O) groups excluding carboxylic acids is 10. The number of aliphatic carboxylic acids is 1. The lowest BCUT2D eigenvalue weighted by Gasteiger charge is -2.37. The van der Waals surface area contributed by atoms with Crippen LogP contribution in [0.4, 0.5) is 13.2 Å². The van der Waals surface area contributed by atoms with Gasteiger partial charge in [0.05, 0.1) is 19.3 Å². The van der Waals surface area contributed by atoms with Crippen LogP contribution in [0, 0.1) is 17.5 Å². The number of carboxylic acids is 1. The van der Waals surface area contributed by atoms with E-state index in [0.717, 1.165) is 23.3 Å². The molecule has 1 saturated heterocycles. The molecule has 2 aliphatic rings. The van der Waals surface area contributed by atoms with Gasteiger partial charge in [0, 0.05) is 101 Å². The number of carboxylic acid groups (broad SMARTS) is 1. The van der Waals surface area contributed by atoms with Crippen molar-refractivity contribution in [2.45, 2.75) is 143 Å². The summed E-state index contributed by atoms with van der Waals surface area (Å²) in [5, 5.41) is 32.0. The zero-order chi connectivity index (χ0) is 73.0. The molecule has 32 heteroatoms. The smallest absolute Gasteiger partial charge is 0.305 e. The molecule has 5 heterocycles. The van der Waals surface area contributed by atoms with E-state index in [2.05, 4.69) is 62.5 Å². The fourth-order valence-corrected chi connectivity index (χ4v) is 14.3. The highest BCUT2D eigenvalue weighted by atomic mass is 32.2. The van der Waals surface area contributed by atoms with E-state index in [1.165, 1.54) is 103 Å². The molecule has 102 heavy (non-hydrogen) atoms. The molecule has 1 fully saturated rings. The van der Waals surface area contributed by atoms with E-state index in [9.17, 15) is 51.8 Å². The molecule has 0 aliphatic carbocycles. The van der Waals surface area contributed by atoms with Crippen LogP contribution in [0.3, 0.4) is 0 Å². The number of nitrogens with zero attached hydrogens (tertiary/aromatic N) is 2. The average Bonchev–Trinajstić information content (AvgIpc) is 1.61. The second-order valence-electron chi connectivity index (χ2n) is 25.4. The zero-order valence-electron chi connectivity index (χ0n) is 55.8. The number of hydrogen-bond acceptors (Lipinski definition) is 15. The number of aryl methyl sites for hydroxylation is 1. The number of imidazole rings is 1. The number of unbranched alkanes of at least 4 members (excludes halogenated alkanes) is 1. The van der Waals surface area contributed by atoms with Gasteiger partial charge in [0.1, 0.15) is 65.3 Å². The summed E-state index contributed by atoms with van der Waals surface area (Å²) < 4.78 is 44.6. The SMILES string of the molecule is C[C@@]12CCCN1C(=O)[C@H](Cc1cccc(F)c1)NC(=O)[C@H](Cc1cnc[nH]1)NC(=O)[C@H](CC(=O)O)NC(=O)[C@H](Cc1c[nH]c3ccc(F)cc13)NC(=O)[C@H](CCc1c[nH]c3ccc(F)cc13)NC(=O)CNC(=O)[C@H](CCCCN)NC(=O)CCSCc1cccc(c1)CSC[C@@H](C(N)=O)NC2=O. The minimum Gasteiger partial charge on any atom is -0.481 e. The van der Waals surface area contributed by atoms with Crippen molar-refractivity contribution in [3.8, 4) is 0 Å². The third-order valence-electron chi connectivity index (χ3n) is 17.8. The first-order chi connectivity index (χ1) is 48.9. The maximum Gasteiger partial charge on any atom is 0.305 e. The lowest BCUT2D eigenvalue weighted by atomic mass is 9.95. The van der Waals surface area contributed by atoms with Gasteiger partial charge in [-0.25, -0.2) is 18.2 Å². The first-order valence-electron chi connectivity index (χ1n) is 33.3. The molecule has 2 aliphatic heterocycles. The zero-order valence-corrected chi connectivity index (χ0v) is 57.4. The van der Waals surface area contributed by atoms with E-state index >= 15 is 19.2 Å². The van der Waals surface area contributed by atoms with Gasteiger partial charge in [-0.15, -0.1) is 0 Å². The molecule has 4 aromatic carbocycles. The molecule has 16 N–H and O–H groups in total. The number of nitrogens with one attached hydrogen (secondary N) is 11. The summed E-state index contributed by atoms with van der Waals surface area (Å²) in [5.74, 6) is -11.3. The Morgan fingerprint density at radius 2 is 1.25 bits per heavy atom. The number of H-pyrrole nitrogens is 3. The second kappa shape index (κ2) is 35.9. The number of halogens is 3. The third kappa shape index (κ3) is 21.0. The molecule has 2 bridgehead atoms. The van der Waals surface area contributed by atoms with Crippen molar-refractivity contribution in [2.24, 2.45) is 11.5 Å². The van der Waals surface area contributed by atoms with Crippen molar-refractivity contribution in [2.75, 3.05) is 31.1 Å². The van der Waals surface area contributed by atoms with Crippen molar-refractivity contribution in [1.82, 2.24) is 67.4 Å². The molecule has 27 nitrogen and oxygen atoms in total. The van der Waals surface area contributed by atoms with Crippen molar-refractivity contribution in [1.29, 1.82) is 0 Å². The highest BCUT2D eigenvalue weighted by Gasteiger charge is 2.49. The summed E-state index contributed by atoms with van der Waals surface area (Å²) >= 11 is 2.77. The van der Waals surface area contributed by atoms with Gasteiger partial charge in [-0.1, -0.05) is 36.4 Å². The van der Waals surface area contributed by atoms with Crippen LogP contribution in [-0.4, -0.2) is 174 Å². The average molecular weight is 1450 g/mol. The maximum atomic E-state index is 15.2. The minimum atomic E-state index is -2.06. The van der Waals surface area contributed by atoms with Crippen LogP contribution in [0.2, 0.25) is 0 Å². The highest BCUT2D eigenvalue weighted by Crippen LogP contribution is 2.32. The molecule has 7 aromatic rings. The standard InChI is InChI=1S/C70H82F3N15O12S2/c1-70-19-6-21-88(70)68(99)57(25-39-7-5-10-44(71)24-39)86-66(97)55(29-47-33-76-38-80-47)84-67(98)56(30-61(91)92)85-65(96)54(26-43-32-78-51-17-14-46(73)28-49(43)51)83-64(95)53(15-12-42-31-77-50-16-13-45(72)27-48(42)50)82-60(90)34-79-63(94)52(11-2-3-20-74)81-59(89)18-22-101-35-40-8-4-9-41(23-40)36-102-37-58(62(75)93)87-69(70)100/h4-5,7-10,13-14,16-17,23-24,27-28,31-33,38,52-58,77-78H,2-3,6,11-12,15,18-22,25-26,29-30,34-37,74H2,1H3,(H2,75,93)(H,76,80)(H,79,94)(H,81,89)(H,82,90)(H,83,95)(H,84,98)(H,85,96)(H,86,97)(H,87,100)(H,91,92)/t52-,53-,54-,55-,56-,57-,58-,70-/m0/s1. The van der Waals surface area contributed by atoms with Crippen molar-refractivity contribution >= 4 is 110 Å². The van der Waals surface area contributed by atoms with Gasteiger partial charge in [-0.3, -0.25) is 52.7 Å². The molecular weight excluding hydrogens is 1360 g/mol. The lowest BCUT2D eigenvalue weighted by molar-refractivity contribution is -0.147. The van der Waals surface area contributed by atoms with Crippen LogP contribution in [0.25, 0.3) is 21.8 Å². The largest absolute Gasteiger partial charge is 0.481 e. The number of benzene rings is 4. The van der Waals surface area contributed by atoms with Gasteiger partial charge >= 0.3 is 5.97 Å². The number of rotatable bonds is 16. The Balaban J connectivity index is 1.05. The predicted molar refractivity (Wildman–Crippen MR) is 375 cm³/mol. The molecule has 8 atom stereocenters. The van der Waals surface area contributed by atoms with Gasteiger partial charge in [0.2, 0.25) is 59.1 Å². The number of fused-ring (bicyclic) bond motifs is 5. The van der Waals surface area contributed by atoms with E-state index in [1.54, 1.807) is 6.20 Å². The van der Waals surface area contributed by atoms with Crippen molar-refractivity contribution in [3.63, 3.8) is 0 Å². The van der Waals surface area contributed by atoms with E-state index < -0.39 is 156 Å². The van der Waals surface area contributed by atoms with Crippen LogP contribution in [0.1, 0.15) is 91.8 Å². The quantitative estimate of drug-likeness (QED) is 0.0618. The summed E-state index contributed by atoms with van der Waals surface area (Å²) in [5.41, 5.74) is 14.0. The number of carbonyl (C=O) groups is 11. The molecule has 0 spiro atoms. The molecule has 10 amide bonds. The van der Waals surface area contributed by atoms with Crippen molar-refractivity contribution < 1.29 is 71.0 Å². The monoisotopic (exact) mass is 1450 g/mol. The normalized spacial score (nSPS) is 22.6. The van der Waals surface area contributed by atoms with E-state index in [1.807, 2.05) is 24.3 Å². The molecular formula is C70H82F3N15O12S2. The first kappa shape index (κ1) is 76.0. The van der Waals surface area contributed by atoms with E-state index in [-0.39, 0.29) is 79.5 Å². The Bertz CT molecular complexity index is 4200. The third-order valence-corrected chi connectivity index (χ3v) is 19.9. The van der Waals surface area contributed by atoms with Crippen LogP contribution in [-0.2, 0) is 89.9 Å². The number of aromatic nitrogens is 4. The molecule has 9 rings (SSSR count). The Morgan fingerprint density at radius 1 is 0.637 bits per heavy atom. The Kier molecular flexibility index (Phi) is 26.7. The lowest BCUT2D eigenvalue weighted by Crippen LogP contribution is -2.63. The molecule has 0 unspecified atom stereocenters. The number of nitrogens with two attached hydrogens (primary N) is 2. The van der Waals surface area contributed by atoms with Gasteiger partial charge < -0.3 is 79.0 Å². The Morgan fingerprint density at radius 3 is 1.91 bits per heavy atom. The van der Waals surface area contributed by atoms with Gasteiger partial charge in [-0.05, 0) is 135 Å². The van der Waals surface area contributed by atoms with Crippen molar-refractivity contribution in [3.05, 3.63) is 161 Å². The summed E-state index contributed by atoms with van der Waals surface area (Å²) in [6.07, 6.45) is 4.47. The fraction of sp³-hybridized carbons (Fsp3) is 0.400. The van der Waals surface area contributed by atoms with Crippen LogP contribution in [0.15, 0.2) is 110 Å². The molecule has 0 saturated carbocycles.